The van der Waals surface area contributed by atoms with Crippen LogP contribution in [0.2, 0.25) is 0 Å². The van der Waals surface area contributed by atoms with Crippen molar-refractivity contribution in [1.82, 2.24) is 10.2 Å². The van der Waals surface area contributed by atoms with Crippen LogP contribution in [0.5, 0.6) is 0 Å². The molecule has 1 saturated carbocycles. The number of hydrogen-bond donors (Lipinski definition) is 1. The summed E-state index contributed by atoms with van der Waals surface area (Å²) in [7, 11) is 3.89. The second kappa shape index (κ2) is 7.25. The second-order valence-corrected chi connectivity index (χ2v) is 6.64. The Kier molecular flexibility index (Phi) is 5.59. The van der Waals surface area contributed by atoms with Crippen molar-refractivity contribution in [3.8, 4) is 0 Å². The molecule has 0 aromatic heterocycles. The second-order valence-electron chi connectivity index (χ2n) is 6.64. The van der Waals surface area contributed by atoms with Crippen molar-refractivity contribution < 1.29 is 9.53 Å². The molecule has 1 N–H and O–H groups in total. The Labute approximate surface area is 133 Å². The van der Waals surface area contributed by atoms with Gasteiger partial charge in [0.1, 0.15) is 6.04 Å². The van der Waals surface area contributed by atoms with E-state index in [1.165, 1.54) is 5.56 Å². The molecule has 1 atom stereocenters. The molecule has 0 saturated heterocycles. The minimum atomic E-state index is -0.247. The first-order valence-corrected chi connectivity index (χ1v) is 8.06. The van der Waals surface area contributed by atoms with E-state index in [9.17, 15) is 4.79 Å². The van der Waals surface area contributed by atoms with E-state index in [1.807, 2.05) is 38.1 Å². The van der Waals surface area contributed by atoms with Gasteiger partial charge in [0, 0.05) is 18.6 Å². The number of aryl methyl sites for hydroxylation is 1. The summed E-state index contributed by atoms with van der Waals surface area (Å²) < 4.78 is 5.54. The Balaban J connectivity index is 1.99. The first-order chi connectivity index (χ1) is 10.5. The standard InChI is InChI=1S/C18H28N2O2/c1-5-22-13-18(9-10-18)12-19-17(21)16(20(3)4)15-8-6-7-14(2)11-15/h6-8,11,16H,5,9-10,12-13H2,1-4H3,(H,19,21)/t16-/m0/s1. The molecule has 1 aromatic carbocycles. The smallest absolute Gasteiger partial charge is 0.241 e. The Morgan fingerprint density at radius 1 is 1.41 bits per heavy atom. The van der Waals surface area contributed by atoms with Crippen LogP contribution < -0.4 is 5.32 Å². The molecule has 0 heterocycles. The number of hydrogen-bond acceptors (Lipinski definition) is 3. The Bertz CT molecular complexity index is 510. The fourth-order valence-electron chi connectivity index (χ4n) is 2.76. The molecule has 0 bridgehead atoms. The van der Waals surface area contributed by atoms with E-state index in [-0.39, 0.29) is 17.4 Å². The van der Waals surface area contributed by atoms with Crippen molar-refractivity contribution in [2.24, 2.45) is 5.41 Å². The molecule has 2 rings (SSSR count). The summed E-state index contributed by atoms with van der Waals surface area (Å²) >= 11 is 0. The molecule has 22 heavy (non-hydrogen) atoms. The molecular formula is C18H28N2O2. The number of carbonyl (C=O) groups excluding carboxylic acids is 1. The summed E-state index contributed by atoms with van der Waals surface area (Å²) in [5.74, 6) is 0.0679. The van der Waals surface area contributed by atoms with Gasteiger partial charge < -0.3 is 10.1 Å². The van der Waals surface area contributed by atoms with Gasteiger partial charge in [-0.05, 0) is 46.3 Å². The van der Waals surface area contributed by atoms with Crippen LogP contribution in [0, 0.1) is 12.3 Å². The number of nitrogens with zero attached hydrogens (tertiary/aromatic N) is 1. The van der Waals surface area contributed by atoms with Crippen molar-refractivity contribution in [2.45, 2.75) is 32.7 Å². The molecule has 1 fully saturated rings. The molecule has 0 radical (unpaired) electrons. The van der Waals surface area contributed by atoms with Crippen LogP contribution in [0.1, 0.15) is 36.9 Å². The zero-order valence-corrected chi connectivity index (χ0v) is 14.2. The lowest BCUT2D eigenvalue weighted by atomic mass is 10.0. The monoisotopic (exact) mass is 304 g/mol. The molecule has 122 valence electrons. The zero-order valence-electron chi connectivity index (χ0n) is 14.2. The van der Waals surface area contributed by atoms with Gasteiger partial charge in [-0.25, -0.2) is 0 Å². The summed E-state index contributed by atoms with van der Waals surface area (Å²) in [5.41, 5.74) is 2.39. The Hall–Kier alpha value is -1.39. The third kappa shape index (κ3) is 4.31. The van der Waals surface area contributed by atoms with E-state index in [0.717, 1.165) is 31.6 Å². The number of carbonyl (C=O) groups is 1. The zero-order chi connectivity index (χ0) is 16.2. The minimum absolute atomic E-state index is 0.0679. The van der Waals surface area contributed by atoms with Crippen LogP contribution in [-0.2, 0) is 9.53 Å². The van der Waals surface area contributed by atoms with Crippen molar-refractivity contribution in [1.29, 1.82) is 0 Å². The predicted molar refractivity (Wildman–Crippen MR) is 88.8 cm³/mol. The van der Waals surface area contributed by atoms with E-state index in [0.29, 0.717) is 6.54 Å². The number of nitrogens with one attached hydrogen (secondary N) is 1. The molecule has 0 unspecified atom stereocenters. The number of likely N-dealkylation sites (N-methyl/N-ethyl adjacent to an activating group) is 1. The Morgan fingerprint density at radius 2 is 2.14 bits per heavy atom. The quantitative estimate of drug-likeness (QED) is 0.802. The van der Waals surface area contributed by atoms with Gasteiger partial charge in [0.15, 0.2) is 0 Å². The number of rotatable bonds is 8. The highest BCUT2D eigenvalue weighted by Gasteiger charge is 2.43. The van der Waals surface area contributed by atoms with Gasteiger partial charge in [0.05, 0.1) is 6.61 Å². The van der Waals surface area contributed by atoms with Gasteiger partial charge in [-0.1, -0.05) is 29.8 Å². The van der Waals surface area contributed by atoms with Crippen molar-refractivity contribution in [3.05, 3.63) is 35.4 Å². The van der Waals surface area contributed by atoms with E-state index >= 15 is 0 Å². The van der Waals surface area contributed by atoms with E-state index in [1.54, 1.807) is 0 Å². The summed E-state index contributed by atoms with van der Waals surface area (Å²) in [6.45, 7) is 6.26. The third-order valence-corrected chi connectivity index (χ3v) is 4.33. The number of amides is 1. The lowest BCUT2D eigenvalue weighted by molar-refractivity contribution is -0.126. The van der Waals surface area contributed by atoms with Gasteiger partial charge in [0.25, 0.3) is 0 Å². The molecule has 1 aromatic rings. The Morgan fingerprint density at radius 3 is 2.68 bits per heavy atom. The summed E-state index contributed by atoms with van der Waals surface area (Å²) in [4.78, 5) is 14.6. The van der Waals surface area contributed by atoms with Crippen LogP contribution in [0.4, 0.5) is 0 Å². The molecule has 1 aliphatic rings. The van der Waals surface area contributed by atoms with E-state index in [4.69, 9.17) is 4.74 Å². The van der Waals surface area contributed by atoms with Gasteiger partial charge in [-0.3, -0.25) is 9.69 Å². The number of ether oxygens (including phenoxy) is 1. The van der Waals surface area contributed by atoms with Crippen LogP contribution >= 0.6 is 0 Å². The van der Waals surface area contributed by atoms with Gasteiger partial charge >= 0.3 is 0 Å². The highest BCUT2D eigenvalue weighted by atomic mass is 16.5. The first-order valence-electron chi connectivity index (χ1n) is 8.06. The molecule has 0 aliphatic heterocycles. The van der Waals surface area contributed by atoms with Gasteiger partial charge in [0.2, 0.25) is 5.91 Å². The summed E-state index contributed by atoms with van der Waals surface area (Å²) in [6.07, 6.45) is 2.29. The van der Waals surface area contributed by atoms with E-state index < -0.39 is 0 Å². The normalized spacial score (nSPS) is 17.3. The minimum Gasteiger partial charge on any atom is -0.381 e. The molecule has 4 heteroatoms. The lowest BCUT2D eigenvalue weighted by Crippen LogP contribution is -2.40. The van der Waals surface area contributed by atoms with Crippen LogP contribution in [0.25, 0.3) is 0 Å². The van der Waals surface area contributed by atoms with Crippen molar-refractivity contribution in [3.63, 3.8) is 0 Å². The molecule has 1 aliphatic carbocycles. The third-order valence-electron chi connectivity index (χ3n) is 4.33. The predicted octanol–water partition coefficient (Wildman–Crippen LogP) is 2.53. The molecule has 4 nitrogen and oxygen atoms in total. The maximum Gasteiger partial charge on any atom is 0.241 e. The van der Waals surface area contributed by atoms with Crippen molar-refractivity contribution >= 4 is 5.91 Å². The van der Waals surface area contributed by atoms with E-state index in [2.05, 4.69) is 24.4 Å². The summed E-state index contributed by atoms with van der Waals surface area (Å²) in [5, 5.41) is 3.13. The van der Waals surface area contributed by atoms with Gasteiger partial charge in [-0.2, -0.15) is 0 Å². The van der Waals surface area contributed by atoms with Crippen LogP contribution in [0.3, 0.4) is 0 Å². The average Bonchev–Trinajstić information content (AvgIpc) is 3.23. The van der Waals surface area contributed by atoms with Crippen molar-refractivity contribution in [2.75, 3.05) is 33.9 Å². The van der Waals surface area contributed by atoms with Crippen LogP contribution in [-0.4, -0.2) is 44.7 Å². The first kappa shape index (κ1) is 17.0. The SMILES string of the molecule is CCOCC1(CNC(=O)[C@H](c2cccc(C)c2)N(C)C)CC1. The topological polar surface area (TPSA) is 41.6 Å². The molecule has 1 amide bonds. The lowest BCUT2D eigenvalue weighted by Gasteiger charge is -2.25. The average molecular weight is 304 g/mol. The highest BCUT2D eigenvalue weighted by Crippen LogP contribution is 2.45. The fourth-order valence-corrected chi connectivity index (χ4v) is 2.76. The molecule has 0 spiro atoms. The highest BCUT2D eigenvalue weighted by molar-refractivity contribution is 5.83. The largest absolute Gasteiger partial charge is 0.381 e. The maximum atomic E-state index is 12.7. The maximum absolute atomic E-state index is 12.7. The summed E-state index contributed by atoms with van der Waals surface area (Å²) in [6, 6.07) is 7.91. The number of benzene rings is 1. The fraction of sp³-hybridized carbons (Fsp3) is 0.611. The molecular weight excluding hydrogens is 276 g/mol. The van der Waals surface area contributed by atoms with Crippen LogP contribution in [0.15, 0.2) is 24.3 Å². The van der Waals surface area contributed by atoms with Gasteiger partial charge in [-0.15, -0.1) is 0 Å².